The van der Waals surface area contributed by atoms with Gasteiger partial charge in [-0.1, -0.05) is 18.2 Å². The molecule has 0 unspecified atom stereocenters. The fourth-order valence-corrected chi connectivity index (χ4v) is 6.30. The van der Waals surface area contributed by atoms with Crippen LogP contribution >= 0.6 is 11.8 Å². The standard InChI is InChI=1S/C25H34N4O6S2/c1-28(2)16-13-19(18-36-20-9-5-4-6-10-20)26-22-12-11-21(17-23(22)29(31)32)37(33,34)27-24(30)25(35-3)14-7-8-15-25/h4-6,9-12,17,19,26H,7-8,13-16,18H2,1-3H3,(H,27,30)/t19-/m1/s1. The molecule has 0 radical (unpaired) electrons. The molecule has 2 aromatic carbocycles. The van der Waals surface area contributed by atoms with Gasteiger partial charge in [0, 0.05) is 29.9 Å². The third kappa shape index (κ3) is 7.67. The Bertz CT molecular complexity index is 1180. The monoisotopic (exact) mass is 550 g/mol. The number of nitrogens with one attached hydrogen (secondary N) is 2. The van der Waals surface area contributed by atoms with E-state index < -0.39 is 26.5 Å². The number of hydrogen-bond donors (Lipinski definition) is 2. The highest BCUT2D eigenvalue weighted by Gasteiger charge is 2.43. The van der Waals surface area contributed by atoms with Gasteiger partial charge in [-0.25, -0.2) is 13.1 Å². The van der Waals surface area contributed by atoms with Crippen molar-refractivity contribution in [3.05, 3.63) is 58.6 Å². The van der Waals surface area contributed by atoms with Crippen LogP contribution in [0.1, 0.15) is 32.1 Å². The Morgan fingerprint density at radius 3 is 2.46 bits per heavy atom. The zero-order chi connectivity index (χ0) is 27.1. The summed E-state index contributed by atoms with van der Waals surface area (Å²) in [6, 6.07) is 13.4. The summed E-state index contributed by atoms with van der Waals surface area (Å²) in [4.78, 5) is 26.8. The number of anilines is 1. The molecule has 1 aliphatic rings. The first kappa shape index (κ1) is 28.9. The predicted molar refractivity (Wildman–Crippen MR) is 144 cm³/mol. The number of thioether (sulfide) groups is 1. The second kappa shape index (κ2) is 12.7. The molecule has 3 rings (SSSR count). The van der Waals surface area contributed by atoms with Gasteiger partial charge in [0.25, 0.3) is 21.6 Å². The number of carbonyl (C=O) groups is 1. The summed E-state index contributed by atoms with van der Waals surface area (Å²) in [5, 5.41) is 15.1. The van der Waals surface area contributed by atoms with E-state index in [4.69, 9.17) is 4.74 Å². The molecule has 0 aliphatic heterocycles. The molecule has 1 aliphatic carbocycles. The Balaban J connectivity index is 1.81. The molecule has 0 heterocycles. The van der Waals surface area contributed by atoms with Gasteiger partial charge in [-0.2, -0.15) is 0 Å². The van der Waals surface area contributed by atoms with E-state index in [9.17, 15) is 23.3 Å². The van der Waals surface area contributed by atoms with E-state index in [1.54, 1.807) is 11.8 Å². The average molecular weight is 551 g/mol. The molecule has 0 aromatic heterocycles. The zero-order valence-electron chi connectivity index (χ0n) is 21.3. The van der Waals surface area contributed by atoms with Crippen LogP contribution in [0.4, 0.5) is 11.4 Å². The molecule has 0 saturated heterocycles. The molecule has 1 fully saturated rings. The Hall–Kier alpha value is -2.67. The second-order valence-corrected chi connectivity index (χ2v) is 12.1. The number of benzene rings is 2. The van der Waals surface area contributed by atoms with Gasteiger partial charge in [-0.15, -0.1) is 11.8 Å². The predicted octanol–water partition coefficient (Wildman–Crippen LogP) is 3.88. The van der Waals surface area contributed by atoms with E-state index in [-0.39, 0.29) is 22.3 Å². The number of methoxy groups -OCH3 is 1. The van der Waals surface area contributed by atoms with E-state index in [0.717, 1.165) is 36.8 Å². The van der Waals surface area contributed by atoms with Gasteiger partial charge in [0.05, 0.1) is 9.82 Å². The van der Waals surface area contributed by atoms with E-state index in [1.807, 2.05) is 49.3 Å². The first-order chi connectivity index (χ1) is 17.6. The molecular formula is C25H34N4O6S2. The Labute approximate surface area is 222 Å². The lowest BCUT2D eigenvalue weighted by Gasteiger charge is -2.25. The summed E-state index contributed by atoms with van der Waals surface area (Å²) < 4.78 is 33.3. The average Bonchev–Trinajstić information content (AvgIpc) is 3.36. The first-order valence-electron chi connectivity index (χ1n) is 12.1. The van der Waals surface area contributed by atoms with Crippen molar-refractivity contribution in [1.82, 2.24) is 9.62 Å². The van der Waals surface area contributed by atoms with Gasteiger partial charge in [0.2, 0.25) is 0 Å². The quantitative estimate of drug-likeness (QED) is 0.217. The summed E-state index contributed by atoms with van der Waals surface area (Å²) in [5.74, 6) is -0.0939. The normalized spacial score (nSPS) is 15.9. The van der Waals surface area contributed by atoms with Gasteiger partial charge in [-0.3, -0.25) is 14.9 Å². The molecule has 0 spiro atoms. The number of nitro groups is 1. The maximum Gasteiger partial charge on any atom is 0.293 e. The molecule has 1 atom stereocenters. The zero-order valence-corrected chi connectivity index (χ0v) is 22.9. The van der Waals surface area contributed by atoms with Crippen molar-refractivity contribution >= 4 is 39.1 Å². The SMILES string of the molecule is COC1(C(=O)NS(=O)(=O)c2ccc(N[C@H](CCN(C)C)CSc3ccccc3)c([N+](=O)[O-])c2)CCCC1. The van der Waals surface area contributed by atoms with Crippen LogP contribution in [0.3, 0.4) is 0 Å². The molecule has 2 N–H and O–H groups in total. The van der Waals surface area contributed by atoms with Crippen molar-refractivity contribution in [2.24, 2.45) is 0 Å². The number of hydrogen-bond acceptors (Lipinski definition) is 9. The summed E-state index contributed by atoms with van der Waals surface area (Å²) >= 11 is 1.64. The van der Waals surface area contributed by atoms with Crippen molar-refractivity contribution in [3.63, 3.8) is 0 Å². The van der Waals surface area contributed by atoms with Crippen molar-refractivity contribution in [1.29, 1.82) is 0 Å². The summed E-state index contributed by atoms with van der Waals surface area (Å²) in [5.41, 5.74) is -1.36. The van der Waals surface area contributed by atoms with E-state index in [0.29, 0.717) is 18.6 Å². The molecular weight excluding hydrogens is 516 g/mol. The lowest BCUT2D eigenvalue weighted by molar-refractivity contribution is -0.384. The van der Waals surface area contributed by atoms with Crippen molar-refractivity contribution in [2.45, 2.75) is 53.5 Å². The molecule has 0 bridgehead atoms. The van der Waals surface area contributed by atoms with Gasteiger partial charge in [0.1, 0.15) is 11.3 Å². The van der Waals surface area contributed by atoms with Gasteiger partial charge in [-0.05, 0) is 77.0 Å². The van der Waals surface area contributed by atoms with Crippen molar-refractivity contribution in [2.75, 3.05) is 38.8 Å². The molecule has 1 saturated carbocycles. The van der Waals surface area contributed by atoms with Crippen LogP contribution in [0.15, 0.2) is 58.3 Å². The lowest BCUT2D eigenvalue weighted by Crippen LogP contribution is -2.48. The number of nitro benzene ring substituents is 1. The first-order valence-corrected chi connectivity index (χ1v) is 14.5. The number of rotatable bonds is 13. The van der Waals surface area contributed by atoms with Gasteiger partial charge in [0.15, 0.2) is 0 Å². The highest BCUT2D eigenvalue weighted by atomic mass is 32.2. The van der Waals surface area contributed by atoms with Crippen molar-refractivity contribution in [3.8, 4) is 0 Å². The summed E-state index contributed by atoms with van der Waals surface area (Å²) in [6.45, 7) is 0.764. The minimum absolute atomic E-state index is 0.114. The third-order valence-electron chi connectivity index (χ3n) is 6.40. The van der Waals surface area contributed by atoms with Crippen LogP contribution in [0.2, 0.25) is 0 Å². The van der Waals surface area contributed by atoms with Crippen LogP contribution in [0, 0.1) is 10.1 Å². The molecule has 12 heteroatoms. The van der Waals surface area contributed by atoms with Crippen LogP contribution in [-0.4, -0.2) is 69.3 Å². The third-order valence-corrected chi connectivity index (χ3v) is 8.90. The maximum absolute atomic E-state index is 13.0. The lowest BCUT2D eigenvalue weighted by atomic mass is 10.0. The molecule has 1 amide bonds. The van der Waals surface area contributed by atoms with Crippen molar-refractivity contribution < 1.29 is 22.9 Å². The van der Waals surface area contributed by atoms with Crippen LogP contribution < -0.4 is 10.0 Å². The molecule has 202 valence electrons. The number of ether oxygens (including phenoxy) is 1. The number of sulfonamides is 1. The fraction of sp³-hybridized carbons (Fsp3) is 0.480. The van der Waals surface area contributed by atoms with Crippen LogP contribution in [-0.2, 0) is 19.6 Å². The fourth-order valence-electron chi connectivity index (χ4n) is 4.24. The largest absolute Gasteiger partial charge is 0.376 e. The Morgan fingerprint density at radius 1 is 1.19 bits per heavy atom. The smallest absolute Gasteiger partial charge is 0.293 e. The van der Waals surface area contributed by atoms with E-state index in [2.05, 4.69) is 10.0 Å². The molecule has 10 nitrogen and oxygen atoms in total. The molecule has 2 aromatic rings. The summed E-state index contributed by atoms with van der Waals surface area (Å²) in [6.07, 6.45) is 3.07. The van der Waals surface area contributed by atoms with Crippen LogP contribution in [0.25, 0.3) is 0 Å². The van der Waals surface area contributed by atoms with E-state index >= 15 is 0 Å². The Kier molecular flexibility index (Phi) is 9.93. The highest BCUT2D eigenvalue weighted by Crippen LogP contribution is 2.34. The van der Waals surface area contributed by atoms with Gasteiger partial charge >= 0.3 is 0 Å². The number of carbonyl (C=O) groups excluding carboxylic acids is 1. The highest BCUT2D eigenvalue weighted by molar-refractivity contribution is 7.99. The summed E-state index contributed by atoms with van der Waals surface area (Å²) in [7, 11) is 0.955. The maximum atomic E-state index is 13.0. The van der Waals surface area contributed by atoms with Gasteiger partial charge < -0.3 is 15.0 Å². The minimum Gasteiger partial charge on any atom is -0.376 e. The minimum atomic E-state index is -4.34. The second-order valence-electron chi connectivity index (χ2n) is 9.33. The topological polar surface area (TPSA) is 131 Å². The molecule has 37 heavy (non-hydrogen) atoms. The number of nitrogens with zero attached hydrogens (tertiary/aromatic N) is 2. The van der Waals surface area contributed by atoms with Crippen LogP contribution in [0.5, 0.6) is 0 Å². The van der Waals surface area contributed by atoms with E-state index in [1.165, 1.54) is 19.2 Å². The Morgan fingerprint density at radius 2 is 1.86 bits per heavy atom. The number of amides is 1.